The van der Waals surface area contributed by atoms with Crippen LogP contribution < -0.4 is 0 Å². The van der Waals surface area contributed by atoms with Gasteiger partial charge < -0.3 is 4.48 Å². The van der Waals surface area contributed by atoms with E-state index in [9.17, 15) is 0 Å². The lowest BCUT2D eigenvalue weighted by atomic mass is 10.0. The highest BCUT2D eigenvalue weighted by Gasteiger charge is 2.12. The van der Waals surface area contributed by atoms with Crippen LogP contribution in [0, 0.1) is 0 Å². The van der Waals surface area contributed by atoms with E-state index in [0.29, 0.717) is 0 Å². The Kier molecular flexibility index (Phi) is 18.3. The van der Waals surface area contributed by atoms with Gasteiger partial charge in [0.05, 0.1) is 27.2 Å². The van der Waals surface area contributed by atoms with Crippen LogP contribution in [0.15, 0.2) is 0 Å². The van der Waals surface area contributed by atoms with Gasteiger partial charge >= 0.3 is 0 Å². The van der Waals surface area contributed by atoms with E-state index in [4.69, 9.17) is 0 Å². The monoisotopic (exact) mass is 358 g/mol. The maximum absolute atomic E-state index is 4.35. The molecule has 0 atom stereocenters. The third kappa shape index (κ3) is 18.6. The van der Waals surface area contributed by atoms with Crippen LogP contribution in [0.3, 0.4) is 0 Å². The van der Waals surface area contributed by atoms with Gasteiger partial charge in [-0.05, 0) is 12.8 Å². The molecule has 0 saturated carbocycles. The molecule has 0 aliphatic heterocycles. The summed E-state index contributed by atoms with van der Waals surface area (Å²) in [6.07, 6.45) is 23.2. The van der Waals surface area contributed by atoms with Crippen molar-refractivity contribution in [1.82, 2.24) is 0 Å². The molecule has 0 N–H and O–H groups in total. The highest BCUT2D eigenvalue weighted by atomic mass is 32.1. The number of hydrogen-bond acceptors (Lipinski definition) is 1. The minimum Gasteiger partial charge on any atom is -0.328 e. The van der Waals surface area contributed by atoms with Crippen LogP contribution in [0.1, 0.15) is 110 Å². The van der Waals surface area contributed by atoms with Gasteiger partial charge in [-0.1, -0.05) is 96.8 Å². The molecule has 0 aliphatic carbocycles. The van der Waals surface area contributed by atoms with E-state index in [1.165, 1.54) is 116 Å². The van der Waals surface area contributed by atoms with Gasteiger partial charge in [0, 0.05) is 5.75 Å². The van der Waals surface area contributed by atoms with E-state index in [1.54, 1.807) is 0 Å². The Morgan fingerprint density at radius 2 is 0.833 bits per heavy atom. The Labute approximate surface area is 160 Å². The maximum atomic E-state index is 4.35. The normalized spacial score (nSPS) is 12.0. The lowest BCUT2D eigenvalue weighted by Crippen LogP contribution is -2.41. The van der Waals surface area contributed by atoms with Crippen molar-refractivity contribution < 1.29 is 4.48 Å². The van der Waals surface area contributed by atoms with E-state index < -0.39 is 0 Å². The molecular formula is C22H48NS+. The van der Waals surface area contributed by atoms with Gasteiger partial charge in [0.15, 0.2) is 0 Å². The minimum absolute atomic E-state index is 1.01. The van der Waals surface area contributed by atoms with Crippen molar-refractivity contribution in [1.29, 1.82) is 0 Å². The van der Waals surface area contributed by atoms with Crippen molar-refractivity contribution in [3.63, 3.8) is 0 Å². The first kappa shape index (κ1) is 24.3. The fourth-order valence-electron chi connectivity index (χ4n) is 3.47. The number of thiol groups is 1. The molecule has 0 radical (unpaired) electrons. The van der Waals surface area contributed by atoms with Gasteiger partial charge in [0.1, 0.15) is 0 Å². The van der Waals surface area contributed by atoms with Gasteiger partial charge in [-0.3, -0.25) is 0 Å². The zero-order chi connectivity index (χ0) is 17.9. The van der Waals surface area contributed by atoms with Gasteiger partial charge in [-0.25, -0.2) is 0 Å². The van der Waals surface area contributed by atoms with E-state index in [2.05, 4.69) is 33.6 Å². The molecule has 0 saturated heterocycles. The molecule has 0 aliphatic rings. The standard InChI is InChI=1S/C22H47NS/c1-4-5-6-7-8-9-10-11-12-13-14-15-16-17-18-19-20-23(2,3)21-22-24/h4-22H2,1-3H3/p+1. The van der Waals surface area contributed by atoms with Gasteiger partial charge in [0.25, 0.3) is 0 Å². The summed E-state index contributed by atoms with van der Waals surface area (Å²) in [6.45, 7) is 4.81. The fourth-order valence-corrected chi connectivity index (χ4v) is 4.01. The topological polar surface area (TPSA) is 0 Å². The van der Waals surface area contributed by atoms with Crippen molar-refractivity contribution in [3.8, 4) is 0 Å². The number of nitrogens with zero attached hydrogens (tertiary/aromatic N) is 1. The molecule has 0 heterocycles. The predicted molar refractivity (Wildman–Crippen MR) is 115 cm³/mol. The van der Waals surface area contributed by atoms with Gasteiger partial charge in [-0.15, -0.1) is 0 Å². The highest BCUT2D eigenvalue weighted by molar-refractivity contribution is 7.80. The van der Waals surface area contributed by atoms with Gasteiger partial charge in [0.2, 0.25) is 0 Å². The Morgan fingerprint density at radius 1 is 0.500 bits per heavy atom. The molecule has 0 rings (SSSR count). The van der Waals surface area contributed by atoms with Crippen LogP contribution in [0.4, 0.5) is 0 Å². The molecule has 24 heavy (non-hydrogen) atoms. The highest BCUT2D eigenvalue weighted by Crippen LogP contribution is 2.14. The zero-order valence-electron chi connectivity index (χ0n) is 17.3. The fraction of sp³-hybridized carbons (Fsp3) is 1.00. The van der Waals surface area contributed by atoms with Crippen molar-refractivity contribution in [2.75, 3.05) is 32.9 Å². The molecule has 0 aromatic rings. The second kappa shape index (κ2) is 18.1. The molecule has 0 amide bonds. The lowest BCUT2D eigenvalue weighted by molar-refractivity contribution is -0.888. The summed E-state index contributed by atoms with van der Waals surface area (Å²) in [5.41, 5.74) is 0. The quantitative estimate of drug-likeness (QED) is 0.140. The minimum atomic E-state index is 1.01. The van der Waals surface area contributed by atoms with Crippen molar-refractivity contribution in [2.45, 2.75) is 110 Å². The summed E-state index contributed by atoms with van der Waals surface area (Å²) in [5, 5.41) is 0. The number of quaternary nitrogens is 1. The summed E-state index contributed by atoms with van der Waals surface area (Å²) < 4.78 is 1.14. The van der Waals surface area contributed by atoms with Crippen LogP contribution in [0.2, 0.25) is 0 Å². The average molecular weight is 359 g/mol. The summed E-state index contributed by atoms with van der Waals surface area (Å²) in [6, 6.07) is 0. The summed E-state index contributed by atoms with van der Waals surface area (Å²) >= 11 is 4.35. The van der Waals surface area contributed by atoms with E-state index in [1.807, 2.05) is 0 Å². The molecule has 146 valence electrons. The number of unbranched alkanes of at least 4 members (excludes halogenated alkanes) is 15. The maximum Gasteiger partial charge on any atom is 0.0871 e. The molecule has 0 fully saturated rings. The van der Waals surface area contributed by atoms with Crippen LogP contribution in [-0.2, 0) is 0 Å². The van der Waals surface area contributed by atoms with E-state index >= 15 is 0 Å². The second-order valence-electron chi connectivity index (χ2n) is 8.41. The molecule has 0 aromatic carbocycles. The Hall–Kier alpha value is 0.310. The summed E-state index contributed by atoms with van der Waals surface area (Å²) in [4.78, 5) is 0. The Morgan fingerprint density at radius 3 is 1.17 bits per heavy atom. The first-order valence-electron chi connectivity index (χ1n) is 11.1. The van der Waals surface area contributed by atoms with Crippen molar-refractivity contribution in [2.24, 2.45) is 0 Å². The lowest BCUT2D eigenvalue weighted by Gasteiger charge is -2.29. The number of rotatable bonds is 19. The third-order valence-electron chi connectivity index (χ3n) is 5.32. The molecule has 0 spiro atoms. The molecule has 0 aromatic heterocycles. The average Bonchev–Trinajstić information content (AvgIpc) is 2.54. The van der Waals surface area contributed by atoms with Crippen LogP contribution in [0.5, 0.6) is 0 Å². The predicted octanol–water partition coefficient (Wildman–Crippen LogP) is 7.25. The zero-order valence-corrected chi connectivity index (χ0v) is 18.2. The summed E-state index contributed by atoms with van der Waals surface area (Å²) in [7, 11) is 4.67. The van der Waals surface area contributed by atoms with E-state index in [-0.39, 0.29) is 0 Å². The largest absolute Gasteiger partial charge is 0.328 e. The molecule has 0 unspecified atom stereocenters. The smallest absolute Gasteiger partial charge is 0.0871 e. The SMILES string of the molecule is CCCCCCCCCCCCCCCCCC[N+](C)(C)CCS. The first-order valence-corrected chi connectivity index (χ1v) is 11.7. The molecular weight excluding hydrogens is 310 g/mol. The van der Waals surface area contributed by atoms with Crippen molar-refractivity contribution in [3.05, 3.63) is 0 Å². The van der Waals surface area contributed by atoms with Crippen molar-refractivity contribution >= 4 is 12.6 Å². The van der Waals surface area contributed by atoms with Crippen LogP contribution >= 0.6 is 12.6 Å². The van der Waals surface area contributed by atoms with Crippen LogP contribution in [0.25, 0.3) is 0 Å². The molecule has 1 nitrogen and oxygen atoms in total. The van der Waals surface area contributed by atoms with E-state index in [0.717, 1.165) is 10.2 Å². The molecule has 0 bridgehead atoms. The first-order chi connectivity index (χ1) is 11.6. The molecule has 2 heteroatoms. The summed E-state index contributed by atoms with van der Waals surface area (Å²) in [5.74, 6) is 1.01. The Balaban J connectivity index is 3.10. The Bertz CT molecular complexity index is 240. The third-order valence-corrected chi connectivity index (χ3v) is 5.52. The van der Waals surface area contributed by atoms with Gasteiger partial charge in [-0.2, -0.15) is 12.6 Å². The second-order valence-corrected chi connectivity index (χ2v) is 8.86. The number of hydrogen-bond donors (Lipinski definition) is 1. The van der Waals surface area contributed by atoms with Crippen LogP contribution in [-0.4, -0.2) is 37.4 Å².